The Morgan fingerprint density at radius 3 is 2.57 bits per heavy atom. The molecule has 1 amide bonds. The van der Waals surface area contributed by atoms with Crippen molar-refractivity contribution in [2.24, 2.45) is 0 Å². The van der Waals surface area contributed by atoms with Crippen molar-refractivity contribution in [2.45, 2.75) is 39.2 Å². The Morgan fingerprint density at radius 2 is 1.95 bits per heavy atom. The molecule has 0 unspecified atom stereocenters. The van der Waals surface area contributed by atoms with E-state index in [9.17, 15) is 14.7 Å². The van der Waals surface area contributed by atoms with Gasteiger partial charge in [-0.3, -0.25) is 4.79 Å². The summed E-state index contributed by atoms with van der Waals surface area (Å²) in [6.07, 6.45) is 2.21. The number of likely N-dealkylation sites (tertiary alicyclic amines) is 1. The number of rotatable bonds is 4. The van der Waals surface area contributed by atoms with Crippen molar-refractivity contribution >= 4 is 11.9 Å². The fourth-order valence-corrected chi connectivity index (χ4v) is 2.73. The second-order valence-electron chi connectivity index (χ2n) is 5.45. The zero-order valence-electron chi connectivity index (χ0n) is 12.5. The first-order valence-electron chi connectivity index (χ1n) is 7.22. The summed E-state index contributed by atoms with van der Waals surface area (Å²) in [6, 6.07) is 5.07. The van der Waals surface area contributed by atoms with E-state index >= 15 is 0 Å². The van der Waals surface area contributed by atoms with Crippen molar-refractivity contribution in [2.75, 3.05) is 13.2 Å². The number of hydrogen-bond acceptors (Lipinski definition) is 3. The number of carbonyl (C=O) groups is 2. The molecular weight excluding hydrogens is 270 g/mol. The van der Waals surface area contributed by atoms with Gasteiger partial charge in [-0.1, -0.05) is 18.2 Å². The lowest BCUT2D eigenvalue weighted by Crippen LogP contribution is -2.49. The van der Waals surface area contributed by atoms with E-state index in [1.807, 2.05) is 32.0 Å². The minimum atomic E-state index is -0.935. The highest BCUT2D eigenvalue weighted by Gasteiger charge is 2.32. The maximum absolute atomic E-state index is 12.2. The smallest absolute Gasteiger partial charge is 0.326 e. The van der Waals surface area contributed by atoms with Gasteiger partial charge in [0.25, 0.3) is 5.91 Å². The van der Waals surface area contributed by atoms with Crippen LogP contribution in [0.1, 0.15) is 30.4 Å². The van der Waals surface area contributed by atoms with Gasteiger partial charge >= 0.3 is 5.97 Å². The molecule has 1 aliphatic heterocycles. The third kappa shape index (κ3) is 3.54. The normalized spacial score (nSPS) is 18.4. The molecule has 1 aromatic carbocycles. The van der Waals surface area contributed by atoms with E-state index < -0.39 is 12.0 Å². The van der Waals surface area contributed by atoms with Gasteiger partial charge in [-0.05, 0) is 44.2 Å². The molecule has 1 aromatic rings. The molecule has 21 heavy (non-hydrogen) atoms. The number of nitrogens with zero attached hydrogens (tertiary/aromatic N) is 1. The summed E-state index contributed by atoms with van der Waals surface area (Å²) in [5, 5.41) is 9.20. The number of para-hydroxylation sites is 1. The van der Waals surface area contributed by atoms with Gasteiger partial charge < -0.3 is 14.7 Å². The third-order valence-corrected chi connectivity index (χ3v) is 3.86. The minimum Gasteiger partial charge on any atom is -0.483 e. The number of hydrogen-bond donors (Lipinski definition) is 1. The van der Waals surface area contributed by atoms with E-state index in [2.05, 4.69) is 0 Å². The summed E-state index contributed by atoms with van der Waals surface area (Å²) in [4.78, 5) is 24.9. The molecule has 1 atom stereocenters. The average molecular weight is 291 g/mol. The molecule has 5 nitrogen and oxygen atoms in total. The number of carboxylic acid groups (broad SMARTS) is 1. The largest absolute Gasteiger partial charge is 0.483 e. The Balaban J connectivity index is 2.02. The Hall–Kier alpha value is -2.04. The predicted molar refractivity (Wildman–Crippen MR) is 78.4 cm³/mol. The van der Waals surface area contributed by atoms with Gasteiger partial charge in [-0.25, -0.2) is 4.79 Å². The number of piperidine rings is 1. The molecular formula is C16H21NO4. The van der Waals surface area contributed by atoms with Crippen molar-refractivity contribution < 1.29 is 19.4 Å². The topological polar surface area (TPSA) is 66.8 Å². The molecule has 0 aromatic heterocycles. The molecule has 0 radical (unpaired) electrons. The van der Waals surface area contributed by atoms with Crippen LogP contribution in [0.5, 0.6) is 5.75 Å². The van der Waals surface area contributed by atoms with E-state index in [4.69, 9.17) is 4.74 Å². The number of amides is 1. The van der Waals surface area contributed by atoms with Crippen molar-refractivity contribution in [3.05, 3.63) is 29.3 Å². The maximum atomic E-state index is 12.2. The van der Waals surface area contributed by atoms with Crippen LogP contribution >= 0.6 is 0 Å². The summed E-state index contributed by atoms with van der Waals surface area (Å²) in [5.41, 5.74) is 1.94. The fourth-order valence-electron chi connectivity index (χ4n) is 2.73. The lowest BCUT2D eigenvalue weighted by Gasteiger charge is -2.32. The van der Waals surface area contributed by atoms with Crippen LogP contribution in [0.2, 0.25) is 0 Å². The number of benzene rings is 1. The summed E-state index contributed by atoms with van der Waals surface area (Å²) < 4.78 is 5.63. The fraction of sp³-hybridized carbons (Fsp3) is 0.500. The molecule has 5 heteroatoms. The zero-order valence-corrected chi connectivity index (χ0v) is 12.5. The monoisotopic (exact) mass is 291 g/mol. The van der Waals surface area contributed by atoms with Crippen LogP contribution in [-0.2, 0) is 9.59 Å². The standard InChI is InChI=1S/C16H21NO4/c1-11-6-5-7-12(2)15(11)21-10-14(18)17-9-4-3-8-13(17)16(19)20/h5-7,13H,3-4,8-10H2,1-2H3,(H,19,20)/t13-/m1/s1. The predicted octanol–water partition coefficient (Wildman–Crippen LogP) is 2.15. The molecule has 2 rings (SSSR count). The van der Waals surface area contributed by atoms with E-state index in [1.165, 1.54) is 4.90 Å². The van der Waals surface area contributed by atoms with E-state index in [-0.39, 0.29) is 12.5 Å². The van der Waals surface area contributed by atoms with Crippen LogP contribution in [0.25, 0.3) is 0 Å². The van der Waals surface area contributed by atoms with Crippen LogP contribution in [0.3, 0.4) is 0 Å². The number of carbonyl (C=O) groups excluding carboxylic acids is 1. The quantitative estimate of drug-likeness (QED) is 0.923. The highest BCUT2D eigenvalue weighted by Crippen LogP contribution is 2.23. The molecule has 1 N–H and O–H groups in total. The Kier molecular flexibility index (Phi) is 4.83. The Bertz CT molecular complexity index is 521. The average Bonchev–Trinajstić information content (AvgIpc) is 2.46. The first kappa shape index (κ1) is 15.4. The van der Waals surface area contributed by atoms with Crippen molar-refractivity contribution in [3.8, 4) is 5.75 Å². The van der Waals surface area contributed by atoms with Crippen LogP contribution in [0.15, 0.2) is 18.2 Å². The van der Waals surface area contributed by atoms with Crippen LogP contribution in [-0.4, -0.2) is 41.1 Å². The molecule has 1 aliphatic rings. The van der Waals surface area contributed by atoms with Gasteiger partial charge in [0.2, 0.25) is 0 Å². The summed E-state index contributed by atoms with van der Waals surface area (Å²) in [7, 11) is 0. The lowest BCUT2D eigenvalue weighted by atomic mass is 10.0. The first-order valence-corrected chi connectivity index (χ1v) is 7.22. The van der Waals surface area contributed by atoms with Crippen molar-refractivity contribution in [1.29, 1.82) is 0 Å². The summed E-state index contributed by atoms with van der Waals surface area (Å²) in [5.74, 6) is -0.491. The molecule has 0 aliphatic carbocycles. The van der Waals surface area contributed by atoms with Crippen molar-refractivity contribution in [3.63, 3.8) is 0 Å². The highest BCUT2D eigenvalue weighted by molar-refractivity contribution is 5.84. The SMILES string of the molecule is Cc1cccc(C)c1OCC(=O)N1CCCC[C@@H]1C(=O)O. The van der Waals surface area contributed by atoms with Crippen LogP contribution in [0, 0.1) is 13.8 Å². The Morgan fingerprint density at radius 1 is 1.29 bits per heavy atom. The van der Waals surface area contributed by atoms with Gasteiger partial charge in [0, 0.05) is 6.54 Å². The van der Waals surface area contributed by atoms with E-state index in [0.717, 1.165) is 24.0 Å². The van der Waals surface area contributed by atoms with Gasteiger partial charge in [0.05, 0.1) is 0 Å². The van der Waals surface area contributed by atoms with Gasteiger partial charge in [0.1, 0.15) is 11.8 Å². The van der Waals surface area contributed by atoms with Gasteiger partial charge in [-0.15, -0.1) is 0 Å². The molecule has 0 bridgehead atoms. The number of carboxylic acids is 1. The summed E-state index contributed by atoms with van der Waals surface area (Å²) in [6.45, 7) is 4.23. The highest BCUT2D eigenvalue weighted by atomic mass is 16.5. The van der Waals surface area contributed by atoms with Gasteiger partial charge in [0.15, 0.2) is 6.61 Å². The van der Waals surface area contributed by atoms with E-state index in [0.29, 0.717) is 18.7 Å². The zero-order chi connectivity index (χ0) is 15.4. The molecule has 1 fully saturated rings. The number of aliphatic carboxylic acids is 1. The van der Waals surface area contributed by atoms with E-state index in [1.54, 1.807) is 0 Å². The molecule has 0 saturated carbocycles. The molecule has 1 heterocycles. The number of ether oxygens (including phenoxy) is 1. The lowest BCUT2D eigenvalue weighted by molar-refractivity contribution is -0.152. The maximum Gasteiger partial charge on any atom is 0.326 e. The second kappa shape index (κ2) is 6.61. The van der Waals surface area contributed by atoms with Crippen LogP contribution < -0.4 is 4.74 Å². The first-order chi connectivity index (χ1) is 10.0. The minimum absolute atomic E-state index is 0.116. The van der Waals surface area contributed by atoms with Crippen molar-refractivity contribution in [1.82, 2.24) is 4.90 Å². The Labute approximate surface area is 124 Å². The van der Waals surface area contributed by atoms with Gasteiger partial charge in [-0.2, -0.15) is 0 Å². The molecule has 1 saturated heterocycles. The third-order valence-electron chi connectivity index (χ3n) is 3.86. The number of aryl methyl sites for hydroxylation is 2. The second-order valence-corrected chi connectivity index (χ2v) is 5.45. The molecule has 0 spiro atoms. The molecule has 114 valence electrons. The summed E-state index contributed by atoms with van der Waals surface area (Å²) >= 11 is 0. The van der Waals surface area contributed by atoms with Crippen LogP contribution in [0.4, 0.5) is 0 Å².